The quantitative estimate of drug-likeness (QED) is 0.902. The van der Waals surface area contributed by atoms with Gasteiger partial charge in [0.15, 0.2) is 11.5 Å². The van der Waals surface area contributed by atoms with Crippen LogP contribution in [0.2, 0.25) is 0 Å². The van der Waals surface area contributed by atoms with Gasteiger partial charge in [0.25, 0.3) is 0 Å². The van der Waals surface area contributed by atoms with Crippen molar-refractivity contribution in [2.75, 3.05) is 12.1 Å². The molecule has 110 valence electrons. The highest BCUT2D eigenvalue weighted by molar-refractivity contribution is 5.46. The second-order valence-corrected chi connectivity index (χ2v) is 5.25. The largest absolute Gasteiger partial charge is 0.454 e. The first-order valence-corrected chi connectivity index (χ1v) is 7.12. The number of fused-ring (bicyclic) bond motifs is 1. The summed E-state index contributed by atoms with van der Waals surface area (Å²) in [5, 5.41) is 3.20. The van der Waals surface area contributed by atoms with Crippen molar-refractivity contribution >= 4 is 5.69 Å². The number of nitrogens with one attached hydrogen (secondary N) is 1. The van der Waals surface area contributed by atoms with Gasteiger partial charge in [-0.2, -0.15) is 0 Å². The van der Waals surface area contributed by atoms with Gasteiger partial charge in [0, 0.05) is 6.04 Å². The van der Waals surface area contributed by atoms with Gasteiger partial charge in [-0.3, -0.25) is 0 Å². The van der Waals surface area contributed by atoms with Crippen molar-refractivity contribution in [2.24, 2.45) is 0 Å². The van der Waals surface area contributed by atoms with Crippen LogP contribution in [-0.4, -0.2) is 12.8 Å². The number of ether oxygens (including phenoxy) is 2. The number of hydrogen-bond donors (Lipinski definition) is 1. The van der Waals surface area contributed by atoms with Gasteiger partial charge in [-0.15, -0.1) is 0 Å². The average Bonchev–Trinajstić information content (AvgIpc) is 2.95. The summed E-state index contributed by atoms with van der Waals surface area (Å²) in [6.07, 6.45) is 1.81. The van der Waals surface area contributed by atoms with Crippen molar-refractivity contribution in [3.63, 3.8) is 0 Å². The van der Waals surface area contributed by atoms with E-state index in [0.717, 1.165) is 24.3 Å². The summed E-state index contributed by atoms with van der Waals surface area (Å²) < 4.78 is 24.2. The highest BCUT2D eigenvalue weighted by atomic mass is 19.1. The molecule has 1 aliphatic heterocycles. The Balaban J connectivity index is 1.56. The van der Waals surface area contributed by atoms with E-state index in [9.17, 15) is 4.39 Å². The minimum atomic E-state index is -0.215. The lowest BCUT2D eigenvalue weighted by Gasteiger charge is -2.15. The molecule has 1 unspecified atom stereocenters. The first-order chi connectivity index (χ1) is 10.2. The first-order valence-electron chi connectivity index (χ1n) is 7.12. The molecule has 2 aromatic rings. The molecule has 1 atom stereocenters. The molecule has 1 heterocycles. The zero-order valence-corrected chi connectivity index (χ0v) is 11.9. The summed E-state index contributed by atoms with van der Waals surface area (Å²) in [5.74, 6) is 1.39. The third-order valence-corrected chi connectivity index (χ3v) is 3.58. The maximum absolute atomic E-state index is 13.6. The van der Waals surface area contributed by atoms with Crippen LogP contribution in [0.5, 0.6) is 11.5 Å². The second kappa shape index (κ2) is 6.04. The fourth-order valence-corrected chi connectivity index (χ4v) is 2.40. The van der Waals surface area contributed by atoms with Crippen LogP contribution < -0.4 is 14.8 Å². The van der Waals surface area contributed by atoms with Crippen LogP contribution in [0.25, 0.3) is 0 Å². The normalized spacial score (nSPS) is 14.0. The zero-order valence-electron chi connectivity index (χ0n) is 11.9. The minimum Gasteiger partial charge on any atom is -0.454 e. The van der Waals surface area contributed by atoms with Crippen molar-refractivity contribution in [3.8, 4) is 11.5 Å². The van der Waals surface area contributed by atoms with E-state index in [2.05, 4.69) is 12.2 Å². The van der Waals surface area contributed by atoms with E-state index >= 15 is 0 Å². The SMILES string of the molecule is CC(CCc1ccc2c(c1)OCO2)Nc1ccccc1F. The van der Waals surface area contributed by atoms with Crippen molar-refractivity contribution in [1.82, 2.24) is 0 Å². The Morgan fingerprint density at radius 1 is 1.14 bits per heavy atom. The first kappa shape index (κ1) is 13.7. The second-order valence-electron chi connectivity index (χ2n) is 5.25. The molecule has 21 heavy (non-hydrogen) atoms. The Morgan fingerprint density at radius 2 is 1.95 bits per heavy atom. The van der Waals surface area contributed by atoms with E-state index in [0.29, 0.717) is 12.5 Å². The predicted molar refractivity (Wildman–Crippen MR) is 80.4 cm³/mol. The van der Waals surface area contributed by atoms with Crippen LogP contribution in [0.15, 0.2) is 42.5 Å². The van der Waals surface area contributed by atoms with E-state index in [1.54, 1.807) is 12.1 Å². The summed E-state index contributed by atoms with van der Waals surface area (Å²) in [5.41, 5.74) is 1.75. The van der Waals surface area contributed by atoms with Crippen LogP contribution in [0.1, 0.15) is 18.9 Å². The highest BCUT2D eigenvalue weighted by Crippen LogP contribution is 2.32. The van der Waals surface area contributed by atoms with E-state index in [4.69, 9.17) is 9.47 Å². The highest BCUT2D eigenvalue weighted by Gasteiger charge is 2.13. The summed E-state index contributed by atoms with van der Waals surface area (Å²) in [7, 11) is 0. The molecule has 0 aromatic heterocycles. The van der Waals surface area contributed by atoms with E-state index in [1.807, 2.05) is 24.3 Å². The number of halogens is 1. The molecule has 1 aliphatic rings. The number of aryl methyl sites for hydroxylation is 1. The Kier molecular flexibility index (Phi) is 3.95. The molecule has 1 N–H and O–H groups in total. The molecule has 3 nitrogen and oxygen atoms in total. The van der Waals surface area contributed by atoms with Gasteiger partial charge in [-0.25, -0.2) is 4.39 Å². The number of para-hydroxylation sites is 1. The van der Waals surface area contributed by atoms with Gasteiger partial charge >= 0.3 is 0 Å². The molecule has 0 fully saturated rings. The lowest BCUT2D eigenvalue weighted by Crippen LogP contribution is -2.16. The molecule has 0 aliphatic carbocycles. The topological polar surface area (TPSA) is 30.5 Å². The fraction of sp³-hybridized carbons (Fsp3) is 0.294. The Hall–Kier alpha value is -2.23. The van der Waals surface area contributed by atoms with Crippen LogP contribution in [0.4, 0.5) is 10.1 Å². The van der Waals surface area contributed by atoms with Crippen molar-refractivity contribution in [3.05, 3.63) is 53.8 Å². The zero-order chi connectivity index (χ0) is 14.7. The lowest BCUT2D eigenvalue weighted by atomic mass is 10.1. The maximum Gasteiger partial charge on any atom is 0.231 e. The summed E-state index contributed by atoms with van der Waals surface area (Å²) in [4.78, 5) is 0. The van der Waals surface area contributed by atoms with Crippen LogP contribution in [0.3, 0.4) is 0 Å². The third-order valence-electron chi connectivity index (χ3n) is 3.58. The van der Waals surface area contributed by atoms with E-state index < -0.39 is 0 Å². The summed E-state index contributed by atoms with van der Waals surface area (Å²) in [6, 6.07) is 12.9. The number of benzene rings is 2. The van der Waals surface area contributed by atoms with Crippen LogP contribution >= 0.6 is 0 Å². The minimum absolute atomic E-state index is 0.187. The van der Waals surface area contributed by atoms with Crippen LogP contribution in [-0.2, 0) is 6.42 Å². The lowest BCUT2D eigenvalue weighted by molar-refractivity contribution is 0.174. The molecule has 3 rings (SSSR count). The molecular formula is C17H18FNO2. The van der Waals surface area contributed by atoms with Crippen molar-refractivity contribution in [1.29, 1.82) is 0 Å². The maximum atomic E-state index is 13.6. The van der Waals surface area contributed by atoms with Gasteiger partial charge in [0.05, 0.1) is 5.69 Å². The summed E-state index contributed by atoms with van der Waals surface area (Å²) >= 11 is 0. The molecule has 4 heteroatoms. The standard InChI is InChI=1S/C17H18FNO2/c1-12(19-15-5-3-2-4-14(15)18)6-7-13-8-9-16-17(10-13)21-11-20-16/h2-5,8-10,12,19H,6-7,11H2,1H3. The molecule has 0 radical (unpaired) electrons. The number of anilines is 1. The molecular weight excluding hydrogens is 269 g/mol. The van der Waals surface area contributed by atoms with Crippen molar-refractivity contribution < 1.29 is 13.9 Å². The van der Waals surface area contributed by atoms with E-state index in [-0.39, 0.29) is 11.9 Å². The molecule has 0 saturated carbocycles. The van der Waals surface area contributed by atoms with Gasteiger partial charge in [-0.05, 0) is 49.6 Å². The smallest absolute Gasteiger partial charge is 0.231 e. The summed E-state index contributed by atoms with van der Waals surface area (Å²) in [6.45, 7) is 2.35. The van der Waals surface area contributed by atoms with Gasteiger partial charge < -0.3 is 14.8 Å². The number of rotatable bonds is 5. The number of hydrogen-bond acceptors (Lipinski definition) is 3. The Bertz CT molecular complexity index is 630. The van der Waals surface area contributed by atoms with Gasteiger partial charge in [0.2, 0.25) is 6.79 Å². The fourth-order valence-electron chi connectivity index (χ4n) is 2.40. The third kappa shape index (κ3) is 3.27. The Labute approximate surface area is 123 Å². The monoisotopic (exact) mass is 287 g/mol. The molecule has 2 aromatic carbocycles. The average molecular weight is 287 g/mol. The Morgan fingerprint density at radius 3 is 2.81 bits per heavy atom. The van der Waals surface area contributed by atoms with Gasteiger partial charge in [0.1, 0.15) is 5.82 Å². The van der Waals surface area contributed by atoms with Gasteiger partial charge in [-0.1, -0.05) is 18.2 Å². The van der Waals surface area contributed by atoms with E-state index in [1.165, 1.54) is 11.6 Å². The molecule has 0 amide bonds. The molecule has 0 spiro atoms. The van der Waals surface area contributed by atoms with Crippen molar-refractivity contribution in [2.45, 2.75) is 25.8 Å². The van der Waals surface area contributed by atoms with Crippen LogP contribution in [0, 0.1) is 5.82 Å². The predicted octanol–water partition coefficient (Wildman–Crippen LogP) is 3.99. The molecule has 0 bridgehead atoms. The molecule has 0 saturated heterocycles.